The number of halogens is 3. The van der Waals surface area contributed by atoms with Crippen molar-refractivity contribution in [2.75, 3.05) is 0 Å². The van der Waals surface area contributed by atoms with Gasteiger partial charge in [0.25, 0.3) is 0 Å². The van der Waals surface area contributed by atoms with Crippen LogP contribution in [0.3, 0.4) is 0 Å². The molecule has 0 atom stereocenters. The predicted octanol–water partition coefficient (Wildman–Crippen LogP) is 4.78. The maximum absolute atomic E-state index is 13.6. The first-order chi connectivity index (χ1) is 8.97. The van der Waals surface area contributed by atoms with E-state index >= 15 is 0 Å². The van der Waals surface area contributed by atoms with Gasteiger partial charge in [0.2, 0.25) is 0 Å². The number of hydrogen-bond acceptors (Lipinski definition) is 2. The Hall–Kier alpha value is -0.980. The first-order valence-electron chi connectivity index (χ1n) is 5.19. The van der Waals surface area contributed by atoms with Gasteiger partial charge in [0, 0.05) is 10.0 Å². The molecule has 2 nitrogen and oxygen atoms in total. The van der Waals surface area contributed by atoms with Gasteiger partial charge < -0.3 is 10.5 Å². The molecule has 0 aromatic heterocycles. The summed E-state index contributed by atoms with van der Waals surface area (Å²) in [5, 5.41) is 0. The second kappa shape index (κ2) is 5.98. The van der Waals surface area contributed by atoms with Crippen molar-refractivity contribution in [1.82, 2.24) is 0 Å². The number of thiocarbonyl (C=S) groups is 1. The van der Waals surface area contributed by atoms with E-state index in [1.54, 1.807) is 30.3 Å². The second-order valence-corrected chi connectivity index (χ2v) is 5.90. The van der Waals surface area contributed by atoms with Gasteiger partial charge in [0.1, 0.15) is 10.7 Å². The van der Waals surface area contributed by atoms with Crippen LogP contribution in [-0.4, -0.2) is 4.99 Å². The van der Waals surface area contributed by atoms with E-state index in [4.69, 9.17) is 22.7 Å². The van der Waals surface area contributed by atoms with Crippen LogP contribution in [0.4, 0.5) is 4.39 Å². The van der Waals surface area contributed by atoms with E-state index in [0.29, 0.717) is 20.8 Å². The van der Waals surface area contributed by atoms with Crippen molar-refractivity contribution >= 4 is 49.1 Å². The molecule has 0 fully saturated rings. The smallest absolute Gasteiger partial charge is 0.165 e. The first kappa shape index (κ1) is 14.4. The topological polar surface area (TPSA) is 35.2 Å². The molecule has 0 radical (unpaired) electrons. The zero-order valence-corrected chi connectivity index (χ0v) is 13.5. The van der Waals surface area contributed by atoms with Crippen molar-refractivity contribution in [3.8, 4) is 11.5 Å². The van der Waals surface area contributed by atoms with E-state index in [1.807, 2.05) is 0 Å². The minimum atomic E-state index is -0.437. The minimum Gasteiger partial charge on any atom is -0.453 e. The molecule has 0 unspecified atom stereocenters. The molecule has 0 saturated heterocycles. The Morgan fingerprint density at radius 1 is 1.11 bits per heavy atom. The highest BCUT2D eigenvalue weighted by Crippen LogP contribution is 2.33. The van der Waals surface area contributed by atoms with E-state index in [2.05, 4.69) is 31.9 Å². The van der Waals surface area contributed by atoms with E-state index in [1.165, 1.54) is 6.07 Å². The van der Waals surface area contributed by atoms with E-state index in [9.17, 15) is 4.39 Å². The molecule has 19 heavy (non-hydrogen) atoms. The summed E-state index contributed by atoms with van der Waals surface area (Å²) in [5.74, 6) is 0.184. The van der Waals surface area contributed by atoms with Gasteiger partial charge in [-0.2, -0.15) is 0 Å². The quantitative estimate of drug-likeness (QED) is 0.747. The van der Waals surface area contributed by atoms with E-state index in [0.717, 1.165) is 4.47 Å². The monoisotopic (exact) mass is 403 g/mol. The summed E-state index contributed by atoms with van der Waals surface area (Å²) >= 11 is 11.5. The molecule has 98 valence electrons. The van der Waals surface area contributed by atoms with Crippen LogP contribution in [0, 0.1) is 5.82 Å². The predicted molar refractivity (Wildman–Crippen MR) is 84.2 cm³/mol. The largest absolute Gasteiger partial charge is 0.453 e. The molecule has 0 amide bonds. The van der Waals surface area contributed by atoms with Crippen molar-refractivity contribution in [1.29, 1.82) is 0 Å². The standard InChI is InChI=1S/C13H8Br2FNOS/c14-8-2-3-10(16)12(6-8)18-11-4-1-7(13(17)19)5-9(11)15/h1-6H,(H2,17,19). The maximum atomic E-state index is 13.6. The fraction of sp³-hybridized carbons (Fsp3) is 0. The molecule has 0 aliphatic carbocycles. The molecule has 2 rings (SSSR count). The lowest BCUT2D eigenvalue weighted by Crippen LogP contribution is -2.09. The molecule has 6 heteroatoms. The highest BCUT2D eigenvalue weighted by atomic mass is 79.9. The van der Waals surface area contributed by atoms with Crippen molar-refractivity contribution in [3.63, 3.8) is 0 Å². The summed E-state index contributed by atoms with van der Waals surface area (Å²) in [6, 6.07) is 9.62. The van der Waals surface area contributed by atoms with Crippen LogP contribution in [-0.2, 0) is 0 Å². The van der Waals surface area contributed by atoms with Gasteiger partial charge in [-0.15, -0.1) is 0 Å². The van der Waals surface area contributed by atoms with Crippen LogP contribution >= 0.6 is 44.1 Å². The molecule has 0 spiro atoms. The molecular weight excluding hydrogens is 397 g/mol. The van der Waals surface area contributed by atoms with Gasteiger partial charge in [-0.05, 0) is 52.3 Å². The Kier molecular flexibility index (Phi) is 4.54. The maximum Gasteiger partial charge on any atom is 0.165 e. The second-order valence-electron chi connectivity index (χ2n) is 3.69. The summed E-state index contributed by atoms with van der Waals surface area (Å²) in [5.41, 5.74) is 6.24. The fourth-order valence-corrected chi connectivity index (χ4v) is 2.34. The third-order valence-corrected chi connectivity index (χ3v) is 3.68. The third kappa shape index (κ3) is 3.52. The normalized spacial score (nSPS) is 10.3. The molecular formula is C13H8Br2FNOS. The summed E-state index contributed by atoms with van der Waals surface area (Å²) in [6.45, 7) is 0. The molecule has 2 aromatic rings. The van der Waals surface area contributed by atoms with Gasteiger partial charge in [-0.25, -0.2) is 4.39 Å². The Bertz CT molecular complexity index is 649. The number of hydrogen-bond donors (Lipinski definition) is 1. The lowest BCUT2D eigenvalue weighted by atomic mass is 10.2. The van der Waals surface area contributed by atoms with Crippen LogP contribution in [0.25, 0.3) is 0 Å². The van der Waals surface area contributed by atoms with Gasteiger partial charge in [-0.3, -0.25) is 0 Å². The minimum absolute atomic E-state index is 0.137. The molecule has 0 saturated carbocycles. The van der Waals surface area contributed by atoms with Crippen LogP contribution < -0.4 is 10.5 Å². The number of rotatable bonds is 3. The van der Waals surface area contributed by atoms with Gasteiger partial charge in [0.05, 0.1) is 4.47 Å². The Morgan fingerprint density at radius 2 is 1.84 bits per heavy atom. The van der Waals surface area contributed by atoms with Crippen molar-refractivity contribution < 1.29 is 9.13 Å². The van der Waals surface area contributed by atoms with Crippen molar-refractivity contribution in [2.24, 2.45) is 5.73 Å². The molecule has 2 aromatic carbocycles. The van der Waals surface area contributed by atoms with E-state index < -0.39 is 5.82 Å². The third-order valence-electron chi connectivity index (χ3n) is 2.33. The zero-order valence-electron chi connectivity index (χ0n) is 9.49. The van der Waals surface area contributed by atoms with Crippen molar-refractivity contribution in [3.05, 3.63) is 56.7 Å². The fourth-order valence-electron chi connectivity index (χ4n) is 1.41. The molecule has 0 aliphatic rings. The highest BCUT2D eigenvalue weighted by molar-refractivity contribution is 9.10. The van der Waals surface area contributed by atoms with Crippen LogP contribution in [0.1, 0.15) is 5.56 Å². The highest BCUT2D eigenvalue weighted by Gasteiger charge is 2.09. The summed E-state index contributed by atoms with van der Waals surface area (Å²) in [6.07, 6.45) is 0. The van der Waals surface area contributed by atoms with Crippen LogP contribution in [0.2, 0.25) is 0 Å². The zero-order chi connectivity index (χ0) is 14.0. The lowest BCUT2D eigenvalue weighted by molar-refractivity contribution is 0.439. The Balaban J connectivity index is 2.33. The summed E-state index contributed by atoms with van der Waals surface area (Å²) in [4.78, 5) is 0.292. The lowest BCUT2D eigenvalue weighted by Gasteiger charge is -2.10. The number of benzene rings is 2. The van der Waals surface area contributed by atoms with Gasteiger partial charge in [0.15, 0.2) is 11.6 Å². The van der Waals surface area contributed by atoms with Crippen LogP contribution in [0.5, 0.6) is 11.5 Å². The molecule has 2 N–H and O–H groups in total. The summed E-state index contributed by atoms with van der Waals surface area (Å²) < 4.78 is 20.5. The van der Waals surface area contributed by atoms with Crippen molar-refractivity contribution in [2.45, 2.75) is 0 Å². The number of ether oxygens (including phenoxy) is 1. The molecule has 0 bridgehead atoms. The van der Waals surface area contributed by atoms with Gasteiger partial charge >= 0.3 is 0 Å². The Labute approximate surface area is 132 Å². The SMILES string of the molecule is NC(=S)c1ccc(Oc2cc(Br)ccc2F)c(Br)c1. The Morgan fingerprint density at radius 3 is 2.47 bits per heavy atom. The van der Waals surface area contributed by atoms with E-state index in [-0.39, 0.29) is 5.75 Å². The van der Waals surface area contributed by atoms with Gasteiger partial charge in [-0.1, -0.05) is 28.1 Å². The summed E-state index contributed by atoms with van der Waals surface area (Å²) in [7, 11) is 0. The number of nitrogens with two attached hydrogens (primary N) is 1. The molecule has 0 aliphatic heterocycles. The average Bonchev–Trinajstić information content (AvgIpc) is 2.36. The first-order valence-corrected chi connectivity index (χ1v) is 7.19. The molecule has 0 heterocycles. The average molecular weight is 405 g/mol. The van der Waals surface area contributed by atoms with Crippen LogP contribution in [0.15, 0.2) is 45.3 Å².